The molecule has 3 heterocycles. The fraction of sp³-hybridized carbons (Fsp3) is 0.548. The van der Waals surface area contributed by atoms with Crippen molar-refractivity contribution in [1.82, 2.24) is 19.8 Å². The summed E-state index contributed by atoms with van der Waals surface area (Å²) >= 11 is 0. The van der Waals surface area contributed by atoms with Crippen LogP contribution in [0, 0.1) is 16.7 Å². The van der Waals surface area contributed by atoms with Crippen molar-refractivity contribution in [3.8, 4) is 12.1 Å². The standard InChI is InChI=1S/C31H37FN6O2/c1-21(32)29(39)38-15-14-37(19-24(38)10-12-33)28-26-9-11-31(16-22-6-3-4-7-23(22)17-31)18-27(26)34-30(35-28)40-20-25-8-5-13-36(25)2/h3-4,6-7,24-25H,1,5,8-11,13-20H2,2H3/t24-,25-/m0/s1. The van der Waals surface area contributed by atoms with Crippen molar-refractivity contribution < 1.29 is 13.9 Å². The highest BCUT2D eigenvalue weighted by molar-refractivity contribution is 5.91. The molecule has 40 heavy (non-hydrogen) atoms. The first-order valence-electron chi connectivity index (χ1n) is 14.4. The van der Waals surface area contributed by atoms with E-state index in [0.717, 1.165) is 62.1 Å². The third-order valence-corrected chi connectivity index (χ3v) is 9.43. The van der Waals surface area contributed by atoms with Crippen LogP contribution < -0.4 is 9.64 Å². The first-order valence-corrected chi connectivity index (χ1v) is 14.4. The van der Waals surface area contributed by atoms with Gasteiger partial charge in [0.25, 0.3) is 5.91 Å². The van der Waals surface area contributed by atoms with E-state index in [9.17, 15) is 14.4 Å². The summed E-state index contributed by atoms with van der Waals surface area (Å²) in [7, 11) is 2.13. The molecule has 1 spiro atoms. The minimum atomic E-state index is -0.994. The molecule has 4 aliphatic rings. The Morgan fingerprint density at radius 3 is 2.62 bits per heavy atom. The Bertz CT molecular complexity index is 1330. The molecule has 0 saturated carbocycles. The third kappa shape index (κ3) is 5.05. The number of piperazine rings is 1. The Hall–Kier alpha value is -3.51. The topological polar surface area (TPSA) is 85.6 Å². The van der Waals surface area contributed by atoms with Crippen LogP contribution in [0.4, 0.5) is 10.2 Å². The molecule has 9 heteroatoms. The van der Waals surface area contributed by atoms with E-state index in [1.54, 1.807) is 0 Å². The van der Waals surface area contributed by atoms with Gasteiger partial charge in [-0.05, 0) is 75.1 Å². The van der Waals surface area contributed by atoms with Crippen LogP contribution in [-0.2, 0) is 30.5 Å². The number of likely N-dealkylation sites (tertiary alicyclic amines) is 1. The largest absolute Gasteiger partial charge is 0.462 e. The van der Waals surface area contributed by atoms with Crippen LogP contribution in [0.25, 0.3) is 0 Å². The molecule has 0 N–H and O–H groups in total. The number of aromatic nitrogens is 2. The molecule has 2 aliphatic heterocycles. The number of likely N-dealkylation sites (N-methyl/N-ethyl adjacent to an activating group) is 1. The number of ether oxygens (including phenoxy) is 1. The van der Waals surface area contributed by atoms with Gasteiger partial charge in [0, 0.05) is 31.2 Å². The molecule has 2 aliphatic carbocycles. The number of fused-ring (bicyclic) bond motifs is 2. The number of carbonyl (C=O) groups is 1. The Labute approximate surface area is 235 Å². The van der Waals surface area contributed by atoms with Crippen molar-refractivity contribution in [3.05, 3.63) is 59.1 Å². The van der Waals surface area contributed by atoms with Gasteiger partial charge in [0.2, 0.25) is 0 Å². The predicted molar refractivity (Wildman–Crippen MR) is 150 cm³/mol. The number of hydrogen-bond acceptors (Lipinski definition) is 7. The summed E-state index contributed by atoms with van der Waals surface area (Å²) in [6.45, 7) is 5.99. The summed E-state index contributed by atoms with van der Waals surface area (Å²) in [5.41, 5.74) is 5.22. The van der Waals surface area contributed by atoms with Gasteiger partial charge in [-0.1, -0.05) is 30.8 Å². The maximum Gasteiger partial charge on any atom is 0.318 e. The molecule has 210 valence electrons. The van der Waals surface area contributed by atoms with Gasteiger partial charge in [0.15, 0.2) is 5.83 Å². The highest BCUT2D eigenvalue weighted by atomic mass is 19.1. The van der Waals surface area contributed by atoms with Crippen molar-refractivity contribution in [2.75, 3.05) is 44.7 Å². The summed E-state index contributed by atoms with van der Waals surface area (Å²) in [6, 6.07) is 11.2. The number of anilines is 1. The lowest BCUT2D eigenvalue weighted by Crippen LogP contribution is -2.55. The molecule has 1 aromatic heterocycles. The zero-order chi connectivity index (χ0) is 27.9. The van der Waals surface area contributed by atoms with Gasteiger partial charge in [-0.3, -0.25) is 4.79 Å². The normalized spacial score (nSPS) is 23.5. The summed E-state index contributed by atoms with van der Waals surface area (Å²) in [5.74, 6) is -0.900. The van der Waals surface area contributed by atoms with Crippen molar-refractivity contribution >= 4 is 11.7 Å². The molecule has 2 atom stereocenters. The number of nitrogens with zero attached hydrogens (tertiary/aromatic N) is 6. The second kappa shape index (κ2) is 10.8. The Kier molecular flexibility index (Phi) is 7.22. The van der Waals surface area contributed by atoms with Crippen LogP contribution in [0.3, 0.4) is 0 Å². The monoisotopic (exact) mass is 544 g/mol. The minimum Gasteiger partial charge on any atom is -0.462 e. The van der Waals surface area contributed by atoms with E-state index in [-0.39, 0.29) is 11.8 Å². The van der Waals surface area contributed by atoms with Crippen LogP contribution in [0.1, 0.15) is 48.1 Å². The van der Waals surface area contributed by atoms with Crippen LogP contribution in [-0.4, -0.2) is 77.6 Å². The minimum absolute atomic E-state index is 0.113. The van der Waals surface area contributed by atoms with Gasteiger partial charge in [-0.25, -0.2) is 4.39 Å². The molecule has 6 rings (SSSR count). The Morgan fingerprint density at radius 2 is 1.95 bits per heavy atom. The maximum atomic E-state index is 13.8. The van der Waals surface area contributed by atoms with Gasteiger partial charge in [-0.15, -0.1) is 0 Å². The van der Waals surface area contributed by atoms with E-state index < -0.39 is 17.8 Å². The lowest BCUT2D eigenvalue weighted by Gasteiger charge is -2.42. The number of rotatable bonds is 6. The van der Waals surface area contributed by atoms with Gasteiger partial charge in [-0.2, -0.15) is 15.2 Å². The van der Waals surface area contributed by atoms with Crippen LogP contribution in [0.5, 0.6) is 6.01 Å². The average molecular weight is 545 g/mol. The number of hydrogen-bond donors (Lipinski definition) is 0. The smallest absolute Gasteiger partial charge is 0.318 e. The van der Waals surface area contributed by atoms with E-state index >= 15 is 0 Å². The number of carbonyl (C=O) groups excluding carboxylic acids is 1. The molecular weight excluding hydrogens is 507 g/mol. The zero-order valence-electron chi connectivity index (χ0n) is 23.2. The second-order valence-electron chi connectivity index (χ2n) is 12.0. The maximum absolute atomic E-state index is 13.8. The van der Waals surface area contributed by atoms with Gasteiger partial charge in [0.1, 0.15) is 12.4 Å². The summed E-state index contributed by atoms with van der Waals surface area (Å²) in [5, 5.41) is 9.46. The lowest BCUT2D eigenvalue weighted by molar-refractivity contribution is -0.131. The van der Waals surface area contributed by atoms with Crippen molar-refractivity contribution in [2.24, 2.45) is 5.41 Å². The van der Waals surface area contributed by atoms with E-state index in [1.807, 2.05) is 0 Å². The summed E-state index contributed by atoms with van der Waals surface area (Å²) < 4.78 is 20.0. The molecule has 0 radical (unpaired) electrons. The molecule has 0 bridgehead atoms. The molecule has 0 unspecified atom stereocenters. The van der Waals surface area contributed by atoms with Gasteiger partial charge in [0.05, 0.1) is 24.2 Å². The first-order chi connectivity index (χ1) is 19.4. The number of amides is 1. The summed E-state index contributed by atoms with van der Waals surface area (Å²) in [4.78, 5) is 28.3. The van der Waals surface area contributed by atoms with Crippen LogP contribution in [0.2, 0.25) is 0 Å². The lowest BCUT2D eigenvalue weighted by atomic mass is 9.71. The van der Waals surface area contributed by atoms with Gasteiger partial charge < -0.3 is 19.4 Å². The average Bonchev–Trinajstić information content (AvgIpc) is 3.52. The van der Waals surface area contributed by atoms with E-state index in [4.69, 9.17) is 14.7 Å². The molecule has 8 nitrogen and oxygen atoms in total. The highest BCUT2D eigenvalue weighted by Gasteiger charge is 2.42. The fourth-order valence-corrected chi connectivity index (χ4v) is 7.24. The third-order valence-electron chi connectivity index (χ3n) is 9.43. The Balaban J connectivity index is 1.30. The number of benzene rings is 1. The van der Waals surface area contributed by atoms with E-state index in [2.05, 4.69) is 53.8 Å². The van der Waals surface area contributed by atoms with Crippen molar-refractivity contribution in [3.63, 3.8) is 0 Å². The van der Waals surface area contributed by atoms with Crippen LogP contribution >= 0.6 is 0 Å². The van der Waals surface area contributed by atoms with Gasteiger partial charge >= 0.3 is 6.01 Å². The van der Waals surface area contributed by atoms with Crippen molar-refractivity contribution in [1.29, 1.82) is 5.26 Å². The molecule has 1 amide bonds. The SMILES string of the molecule is C=C(F)C(=O)N1CCN(c2nc(OC[C@@H]3CCCN3C)nc3c2CCC2(Cc4ccccc4C2)C3)C[C@@H]1CC#N. The zero-order valence-corrected chi connectivity index (χ0v) is 23.2. The molecule has 2 fully saturated rings. The van der Waals surface area contributed by atoms with Crippen molar-refractivity contribution in [2.45, 2.75) is 63.5 Å². The predicted octanol–water partition coefficient (Wildman–Crippen LogP) is 3.64. The molecule has 2 saturated heterocycles. The number of nitriles is 1. The second-order valence-corrected chi connectivity index (χ2v) is 12.0. The van der Waals surface area contributed by atoms with E-state index in [1.165, 1.54) is 22.4 Å². The van der Waals surface area contributed by atoms with Crippen LogP contribution in [0.15, 0.2) is 36.7 Å². The number of halogens is 1. The quantitative estimate of drug-likeness (QED) is 0.514. The molecular formula is C31H37FN6O2. The highest BCUT2D eigenvalue weighted by Crippen LogP contribution is 2.47. The molecule has 2 aromatic rings. The fourth-order valence-electron chi connectivity index (χ4n) is 7.24. The molecule has 1 aromatic carbocycles. The summed E-state index contributed by atoms with van der Waals surface area (Å²) in [6.07, 6.45) is 7.29. The Morgan fingerprint density at radius 1 is 1.18 bits per heavy atom. The van der Waals surface area contributed by atoms with E-state index in [0.29, 0.717) is 38.3 Å². The first kappa shape index (κ1) is 26.7.